The smallest absolute Gasteiger partial charge is 0.159 e. The number of benzene rings is 1. The first-order chi connectivity index (χ1) is 8.93. The molecule has 1 aromatic carbocycles. The Bertz CT molecular complexity index is 544. The summed E-state index contributed by atoms with van der Waals surface area (Å²) < 4.78 is 5.68. The SMILES string of the molecule is CC(=O)c1ccc(C#N)c(N2CCOC(C)(C)C2)c1. The molecular weight excluding hydrogens is 240 g/mol. The fraction of sp³-hybridized carbons (Fsp3) is 0.467. The van der Waals surface area contributed by atoms with Gasteiger partial charge in [0.2, 0.25) is 0 Å². The Kier molecular flexibility index (Phi) is 3.59. The highest BCUT2D eigenvalue weighted by Crippen LogP contribution is 2.27. The summed E-state index contributed by atoms with van der Waals surface area (Å²) in [4.78, 5) is 13.6. The highest BCUT2D eigenvalue weighted by atomic mass is 16.5. The number of rotatable bonds is 2. The molecule has 0 spiro atoms. The van der Waals surface area contributed by atoms with Gasteiger partial charge < -0.3 is 9.64 Å². The van der Waals surface area contributed by atoms with E-state index in [2.05, 4.69) is 11.0 Å². The Morgan fingerprint density at radius 1 is 1.47 bits per heavy atom. The predicted octanol–water partition coefficient (Wildman–Crippen LogP) is 2.38. The zero-order valence-electron chi connectivity index (χ0n) is 11.6. The molecule has 0 bridgehead atoms. The van der Waals surface area contributed by atoms with E-state index < -0.39 is 0 Å². The van der Waals surface area contributed by atoms with Crippen LogP contribution in [0.5, 0.6) is 0 Å². The summed E-state index contributed by atoms with van der Waals surface area (Å²) in [6.45, 7) is 7.67. The Balaban J connectivity index is 2.39. The van der Waals surface area contributed by atoms with Crippen molar-refractivity contribution in [1.29, 1.82) is 5.26 Å². The molecule has 1 aromatic rings. The molecule has 0 atom stereocenters. The van der Waals surface area contributed by atoms with Crippen molar-refractivity contribution in [1.82, 2.24) is 0 Å². The van der Waals surface area contributed by atoms with Gasteiger partial charge >= 0.3 is 0 Å². The van der Waals surface area contributed by atoms with E-state index in [1.165, 1.54) is 6.92 Å². The number of nitriles is 1. The van der Waals surface area contributed by atoms with Crippen LogP contribution in [0.15, 0.2) is 18.2 Å². The van der Waals surface area contributed by atoms with E-state index in [9.17, 15) is 10.1 Å². The van der Waals surface area contributed by atoms with Crippen LogP contribution in [0.4, 0.5) is 5.69 Å². The third-order valence-electron chi connectivity index (χ3n) is 3.29. The average molecular weight is 258 g/mol. The molecule has 0 N–H and O–H groups in total. The van der Waals surface area contributed by atoms with Crippen molar-refractivity contribution in [2.75, 3.05) is 24.6 Å². The second kappa shape index (κ2) is 5.02. The van der Waals surface area contributed by atoms with Crippen molar-refractivity contribution in [3.8, 4) is 6.07 Å². The summed E-state index contributed by atoms with van der Waals surface area (Å²) in [7, 11) is 0. The number of carbonyl (C=O) groups is 1. The van der Waals surface area contributed by atoms with Crippen LogP contribution >= 0.6 is 0 Å². The van der Waals surface area contributed by atoms with Gasteiger partial charge in [-0.2, -0.15) is 5.26 Å². The largest absolute Gasteiger partial charge is 0.372 e. The number of Topliss-reactive ketones (excluding diaryl/α,β-unsaturated/α-hetero) is 1. The van der Waals surface area contributed by atoms with Crippen molar-refractivity contribution in [3.63, 3.8) is 0 Å². The number of anilines is 1. The minimum atomic E-state index is -0.239. The summed E-state index contributed by atoms with van der Waals surface area (Å²) in [5.41, 5.74) is 1.82. The summed E-state index contributed by atoms with van der Waals surface area (Å²) in [6, 6.07) is 7.42. The monoisotopic (exact) mass is 258 g/mol. The topological polar surface area (TPSA) is 53.3 Å². The molecule has 0 aromatic heterocycles. The van der Waals surface area contributed by atoms with Crippen LogP contribution in [0.2, 0.25) is 0 Å². The molecule has 4 heteroatoms. The highest BCUT2D eigenvalue weighted by Gasteiger charge is 2.28. The molecular formula is C15H18N2O2. The van der Waals surface area contributed by atoms with Crippen molar-refractivity contribution in [3.05, 3.63) is 29.3 Å². The standard InChI is InChI=1S/C15H18N2O2/c1-11(18)12-4-5-13(9-16)14(8-12)17-6-7-19-15(2,3)10-17/h4-5,8H,6-7,10H2,1-3H3. The molecule has 1 aliphatic rings. The number of hydrogen-bond donors (Lipinski definition) is 0. The average Bonchev–Trinajstić information content (AvgIpc) is 2.36. The lowest BCUT2D eigenvalue weighted by Crippen LogP contribution is -2.48. The summed E-state index contributed by atoms with van der Waals surface area (Å²) in [5.74, 6) is 0.0123. The van der Waals surface area contributed by atoms with Gasteiger partial charge in [-0.15, -0.1) is 0 Å². The molecule has 1 aliphatic heterocycles. The Hall–Kier alpha value is -1.86. The first kappa shape index (κ1) is 13.6. The van der Waals surface area contributed by atoms with Crippen LogP contribution in [0.25, 0.3) is 0 Å². The fourth-order valence-corrected chi connectivity index (χ4v) is 2.33. The maximum Gasteiger partial charge on any atom is 0.159 e. The van der Waals surface area contributed by atoms with E-state index in [1.807, 2.05) is 19.9 Å². The maximum atomic E-state index is 11.5. The number of hydrogen-bond acceptors (Lipinski definition) is 4. The van der Waals surface area contributed by atoms with Crippen molar-refractivity contribution in [2.45, 2.75) is 26.4 Å². The Labute approximate surface area is 113 Å². The number of ether oxygens (including phenoxy) is 1. The van der Waals surface area contributed by atoms with Gasteiger partial charge in [0.05, 0.1) is 23.5 Å². The van der Waals surface area contributed by atoms with E-state index in [-0.39, 0.29) is 11.4 Å². The number of nitrogens with zero attached hydrogens (tertiary/aromatic N) is 2. The molecule has 0 unspecified atom stereocenters. The lowest BCUT2D eigenvalue weighted by Gasteiger charge is -2.39. The van der Waals surface area contributed by atoms with Crippen LogP contribution < -0.4 is 4.90 Å². The predicted molar refractivity (Wildman–Crippen MR) is 73.4 cm³/mol. The number of ketones is 1. The lowest BCUT2D eigenvalue weighted by atomic mass is 10.0. The minimum Gasteiger partial charge on any atom is -0.372 e. The van der Waals surface area contributed by atoms with Gasteiger partial charge in [-0.1, -0.05) is 0 Å². The molecule has 4 nitrogen and oxygen atoms in total. The molecule has 0 aliphatic carbocycles. The molecule has 1 saturated heterocycles. The molecule has 19 heavy (non-hydrogen) atoms. The highest BCUT2D eigenvalue weighted by molar-refractivity contribution is 5.95. The van der Waals surface area contributed by atoms with Gasteiger partial charge in [0.1, 0.15) is 6.07 Å². The van der Waals surface area contributed by atoms with E-state index >= 15 is 0 Å². The molecule has 100 valence electrons. The minimum absolute atomic E-state index is 0.0123. The van der Waals surface area contributed by atoms with Gasteiger partial charge in [-0.05, 0) is 39.0 Å². The first-order valence-electron chi connectivity index (χ1n) is 6.37. The van der Waals surface area contributed by atoms with E-state index in [0.29, 0.717) is 24.3 Å². The van der Waals surface area contributed by atoms with Crippen LogP contribution in [0, 0.1) is 11.3 Å². The van der Waals surface area contributed by atoms with Gasteiger partial charge in [-0.3, -0.25) is 4.79 Å². The molecule has 0 radical (unpaired) electrons. The van der Waals surface area contributed by atoms with Crippen LogP contribution in [-0.2, 0) is 4.74 Å². The molecule has 0 saturated carbocycles. The van der Waals surface area contributed by atoms with Crippen LogP contribution in [0.1, 0.15) is 36.7 Å². The second-order valence-electron chi connectivity index (χ2n) is 5.43. The quantitative estimate of drug-likeness (QED) is 0.764. The zero-order valence-corrected chi connectivity index (χ0v) is 11.6. The van der Waals surface area contributed by atoms with Crippen LogP contribution in [-0.4, -0.2) is 31.1 Å². The Morgan fingerprint density at radius 3 is 2.79 bits per heavy atom. The van der Waals surface area contributed by atoms with Crippen molar-refractivity contribution >= 4 is 11.5 Å². The summed E-state index contributed by atoms with van der Waals surface area (Å²) in [6.07, 6.45) is 0. The lowest BCUT2D eigenvalue weighted by molar-refractivity contribution is -0.0277. The number of morpholine rings is 1. The van der Waals surface area contributed by atoms with Crippen molar-refractivity contribution < 1.29 is 9.53 Å². The van der Waals surface area contributed by atoms with Gasteiger partial charge in [-0.25, -0.2) is 0 Å². The van der Waals surface area contributed by atoms with Crippen molar-refractivity contribution in [2.24, 2.45) is 0 Å². The molecule has 2 rings (SSSR count). The van der Waals surface area contributed by atoms with Gasteiger partial charge in [0.25, 0.3) is 0 Å². The third kappa shape index (κ3) is 2.94. The first-order valence-corrected chi connectivity index (χ1v) is 6.37. The molecule has 0 amide bonds. The molecule has 1 fully saturated rings. The summed E-state index contributed by atoms with van der Waals surface area (Å²) >= 11 is 0. The third-order valence-corrected chi connectivity index (χ3v) is 3.29. The fourth-order valence-electron chi connectivity index (χ4n) is 2.33. The molecule has 1 heterocycles. The number of carbonyl (C=O) groups excluding carboxylic acids is 1. The Morgan fingerprint density at radius 2 is 2.21 bits per heavy atom. The van der Waals surface area contributed by atoms with E-state index in [0.717, 1.165) is 12.2 Å². The maximum absolute atomic E-state index is 11.5. The van der Waals surface area contributed by atoms with Gasteiger partial charge in [0, 0.05) is 18.7 Å². The van der Waals surface area contributed by atoms with E-state index in [4.69, 9.17) is 4.74 Å². The second-order valence-corrected chi connectivity index (χ2v) is 5.43. The zero-order chi connectivity index (χ0) is 14.0. The van der Waals surface area contributed by atoms with Crippen LogP contribution in [0.3, 0.4) is 0 Å². The summed E-state index contributed by atoms with van der Waals surface area (Å²) in [5, 5.41) is 9.22. The normalized spacial score (nSPS) is 17.9. The van der Waals surface area contributed by atoms with E-state index in [1.54, 1.807) is 12.1 Å². The van der Waals surface area contributed by atoms with Gasteiger partial charge in [0.15, 0.2) is 5.78 Å².